The van der Waals surface area contributed by atoms with Crippen molar-refractivity contribution in [3.05, 3.63) is 42.1 Å². The van der Waals surface area contributed by atoms with Gasteiger partial charge in [-0.3, -0.25) is 4.79 Å². The van der Waals surface area contributed by atoms with Gasteiger partial charge in [-0.25, -0.2) is 4.98 Å². The molecule has 3 rings (SSSR count). The fourth-order valence-electron chi connectivity index (χ4n) is 1.97. The highest BCUT2D eigenvalue weighted by Crippen LogP contribution is 2.32. The maximum Gasteiger partial charge on any atom is 0.255 e. The molecule has 0 fully saturated rings. The number of nitrogens with one attached hydrogen (secondary N) is 1. The summed E-state index contributed by atoms with van der Waals surface area (Å²) in [5.41, 5.74) is 1.15. The van der Waals surface area contributed by atoms with Crippen molar-refractivity contribution in [1.82, 2.24) is 4.98 Å². The number of amides is 1. The van der Waals surface area contributed by atoms with Crippen molar-refractivity contribution in [3.8, 4) is 11.5 Å². The predicted molar refractivity (Wildman–Crippen MR) is 79.1 cm³/mol. The Morgan fingerprint density at radius 3 is 2.71 bits per heavy atom. The first-order valence-electron chi connectivity index (χ1n) is 6.48. The third-order valence-electron chi connectivity index (χ3n) is 3.10. The van der Waals surface area contributed by atoms with E-state index in [4.69, 9.17) is 9.47 Å². The summed E-state index contributed by atoms with van der Waals surface area (Å²) in [6.45, 7) is 0.191. The Hall–Kier alpha value is -2.76. The fraction of sp³-hybridized carbons (Fsp3) is 0.200. The number of hydrogen-bond acceptors (Lipinski definition) is 5. The van der Waals surface area contributed by atoms with Gasteiger partial charge < -0.3 is 19.7 Å². The fourth-order valence-corrected chi connectivity index (χ4v) is 1.97. The zero-order valence-corrected chi connectivity index (χ0v) is 11.8. The van der Waals surface area contributed by atoms with Crippen LogP contribution in [0.5, 0.6) is 11.5 Å². The van der Waals surface area contributed by atoms with Gasteiger partial charge in [-0.05, 0) is 30.3 Å². The summed E-state index contributed by atoms with van der Waals surface area (Å²) >= 11 is 0. The Labute approximate surface area is 122 Å². The van der Waals surface area contributed by atoms with Crippen molar-refractivity contribution in [2.75, 3.05) is 31.1 Å². The molecule has 6 heteroatoms. The predicted octanol–water partition coefficient (Wildman–Crippen LogP) is 2.13. The van der Waals surface area contributed by atoms with Crippen molar-refractivity contribution >= 4 is 17.4 Å². The van der Waals surface area contributed by atoms with Crippen LogP contribution in [0, 0.1) is 0 Å². The van der Waals surface area contributed by atoms with Crippen LogP contribution >= 0.6 is 0 Å². The molecule has 1 aromatic carbocycles. The molecule has 21 heavy (non-hydrogen) atoms. The molecule has 1 N–H and O–H groups in total. The van der Waals surface area contributed by atoms with Crippen molar-refractivity contribution in [1.29, 1.82) is 0 Å². The van der Waals surface area contributed by atoms with Crippen LogP contribution in [0.4, 0.5) is 11.5 Å². The van der Waals surface area contributed by atoms with Crippen LogP contribution in [0.3, 0.4) is 0 Å². The highest BCUT2D eigenvalue weighted by Gasteiger charge is 2.16. The monoisotopic (exact) mass is 285 g/mol. The maximum absolute atomic E-state index is 12.2. The van der Waals surface area contributed by atoms with Gasteiger partial charge in [0.15, 0.2) is 11.5 Å². The first kappa shape index (κ1) is 13.2. The molecule has 0 aliphatic carbocycles. The van der Waals surface area contributed by atoms with Gasteiger partial charge in [-0.15, -0.1) is 0 Å². The average molecular weight is 285 g/mol. The third kappa shape index (κ3) is 2.74. The van der Waals surface area contributed by atoms with Crippen LogP contribution in [-0.2, 0) is 0 Å². The number of aromatic nitrogens is 1. The van der Waals surface area contributed by atoms with Gasteiger partial charge in [0.2, 0.25) is 6.79 Å². The first-order chi connectivity index (χ1) is 10.1. The molecule has 108 valence electrons. The van der Waals surface area contributed by atoms with Crippen molar-refractivity contribution in [2.24, 2.45) is 0 Å². The molecular formula is C15H15N3O3. The number of nitrogens with zero attached hydrogens (tertiary/aromatic N) is 2. The van der Waals surface area contributed by atoms with Gasteiger partial charge >= 0.3 is 0 Å². The van der Waals surface area contributed by atoms with Crippen LogP contribution < -0.4 is 19.7 Å². The van der Waals surface area contributed by atoms with Crippen molar-refractivity contribution in [3.63, 3.8) is 0 Å². The van der Waals surface area contributed by atoms with E-state index in [2.05, 4.69) is 10.3 Å². The summed E-state index contributed by atoms with van der Waals surface area (Å²) in [6.07, 6.45) is 1.63. The second-order valence-corrected chi connectivity index (χ2v) is 4.82. The summed E-state index contributed by atoms with van der Waals surface area (Å²) in [7, 11) is 3.82. The van der Waals surface area contributed by atoms with E-state index in [9.17, 15) is 4.79 Å². The summed E-state index contributed by atoms with van der Waals surface area (Å²) in [4.78, 5) is 18.3. The lowest BCUT2D eigenvalue weighted by Gasteiger charge is -2.11. The molecule has 6 nitrogen and oxygen atoms in total. The molecule has 0 saturated heterocycles. The Bertz CT molecular complexity index is 668. The van der Waals surface area contributed by atoms with Gasteiger partial charge in [-0.2, -0.15) is 0 Å². The lowest BCUT2D eigenvalue weighted by atomic mass is 10.2. The zero-order valence-electron chi connectivity index (χ0n) is 11.8. The van der Waals surface area contributed by atoms with E-state index in [1.807, 2.05) is 31.1 Å². The van der Waals surface area contributed by atoms with Crippen LogP contribution in [0.15, 0.2) is 36.5 Å². The molecule has 0 unspecified atom stereocenters. The van der Waals surface area contributed by atoms with Crippen molar-refractivity contribution in [2.45, 2.75) is 0 Å². The number of carbonyl (C=O) groups excluding carboxylic acids is 1. The van der Waals surface area contributed by atoms with Gasteiger partial charge in [0.1, 0.15) is 5.82 Å². The highest BCUT2D eigenvalue weighted by atomic mass is 16.7. The zero-order chi connectivity index (χ0) is 14.8. The summed E-state index contributed by atoms with van der Waals surface area (Å²) < 4.78 is 10.5. The quantitative estimate of drug-likeness (QED) is 0.936. The Morgan fingerprint density at radius 2 is 2.00 bits per heavy atom. The molecule has 0 saturated carbocycles. The minimum atomic E-state index is -0.215. The molecule has 0 atom stereocenters. The van der Waals surface area contributed by atoms with Crippen molar-refractivity contribution < 1.29 is 14.3 Å². The molecule has 1 aromatic heterocycles. The van der Waals surface area contributed by atoms with E-state index in [1.165, 1.54) is 0 Å². The number of rotatable bonds is 3. The molecule has 1 aliphatic rings. The molecule has 2 aromatic rings. The number of carbonyl (C=O) groups is 1. The van der Waals surface area contributed by atoms with Crippen LogP contribution in [0.1, 0.15) is 10.4 Å². The number of fused-ring (bicyclic) bond motifs is 1. The van der Waals surface area contributed by atoms with E-state index in [0.29, 0.717) is 22.7 Å². The largest absolute Gasteiger partial charge is 0.454 e. The lowest BCUT2D eigenvalue weighted by molar-refractivity contribution is 0.102. The summed E-state index contributed by atoms with van der Waals surface area (Å²) in [5, 5.41) is 2.80. The van der Waals surface area contributed by atoms with E-state index >= 15 is 0 Å². The Kier molecular flexibility index (Phi) is 3.35. The SMILES string of the molecule is CN(C)c1ccc(NC(=O)c2ccc3c(c2)OCO3)cn1. The normalized spacial score (nSPS) is 12.1. The standard InChI is InChI=1S/C15H15N3O3/c1-18(2)14-6-4-11(8-16-14)17-15(19)10-3-5-12-13(7-10)21-9-20-12/h3-8H,9H2,1-2H3,(H,17,19). The maximum atomic E-state index is 12.2. The topological polar surface area (TPSA) is 63.7 Å². The molecular weight excluding hydrogens is 270 g/mol. The van der Waals surface area contributed by atoms with Gasteiger partial charge in [0.25, 0.3) is 5.91 Å². The van der Waals surface area contributed by atoms with Gasteiger partial charge in [0, 0.05) is 19.7 Å². The summed E-state index contributed by atoms with van der Waals surface area (Å²) in [5.74, 6) is 1.86. The van der Waals surface area contributed by atoms with Crippen LogP contribution in [-0.4, -0.2) is 31.8 Å². The van der Waals surface area contributed by atoms with E-state index in [-0.39, 0.29) is 12.7 Å². The Morgan fingerprint density at radius 1 is 1.19 bits per heavy atom. The van der Waals surface area contributed by atoms with E-state index in [0.717, 1.165) is 5.82 Å². The first-order valence-corrected chi connectivity index (χ1v) is 6.48. The highest BCUT2D eigenvalue weighted by molar-refractivity contribution is 6.04. The van der Waals surface area contributed by atoms with Crippen LogP contribution in [0.2, 0.25) is 0 Å². The average Bonchev–Trinajstić information content (AvgIpc) is 2.95. The second-order valence-electron chi connectivity index (χ2n) is 4.82. The third-order valence-corrected chi connectivity index (χ3v) is 3.10. The smallest absolute Gasteiger partial charge is 0.255 e. The lowest BCUT2D eigenvalue weighted by Crippen LogP contribution is -2.13. The minimum absolute atomic E-state index is 0.191. The van der Waals surface area contributed by atoms with Crippen LogP contribution in [0.25, 0.3) is 0 Å². The molecule has 2 heterocycles. The van der Waals surface area contributed by atoms with Gasteiger partial charge in [-0.1, -0.05) is 0 Å². The van der Waals surface area contributed by atoms with E-state index < -0.39 is 0 Å². The molecule has 0 radical (unpaired) electrons. The molecule has 1 aliphatic heterocycles. The number of ether oxygens (including phenoxy) is 2. The Balaban J connectivity index is 1.74. The molecule has 1 amide bonds. The minimum Gasteiger partial charge on any atom is -0.454 e. The molecule has 0 bridgehead atoms. The number of hydrogen-bond donors (Lipinski definition) is 1. The van der Waals surface area contributed by atoms with Gasteiger partial charge in [0.05, 0.1) is 11.9 Å². The molecule has 0 spiro atoms. The number of anilines is 2. The number of benzene rings is 1. The second kappa shape index (κ2) is 5.32. The van der Waals surface area contributed by atoms with E-state index in [1.54, 1.807) is 24.4 Å². The summed E-state index contributed by atoms with van der Waals surface area (Å²) in [6, 6.07) is 8.75. The number of pyridine rings is 1.